The van der Waals surface area contributed by atoms with E-state index >= 15 is 0 Å². The number of esters is 1. The summed E-state index contributed by atoms with van der Waals surface area (Å²) in [5.41, 5.74) is 9.19. The van der Waals surface area contributed by atoms with Gasteiger partial charge in [0.25, 0.3) is 0 Å². The molecule has 0 bridgehead atoms. The Labute approximate surface area is 165 Å². The molecule has 1 aliphatic rings. The SMILES string of the molecule is CCCN(CCC)C(=O)C(NC(C)=O)C1CC(O)(C(=O)OC)CC1N=C(N)N. The zero-order chi connectivity index (χ0) is 21.5. The number of ether oxygens (including phenoxy) is 1. The van der Waals surface area contributed by atoms with E-state index in [9.17, 15) is 19.5 Å². The van der Waals surface area contributed by atoms with Crippen LogP contribution in [0.4, 0.5) is 0 Å². The van der Waals surface area contributed by atoms with Gasteiger partial charge in [0.1, 0.15) is 6.04 Å². The average molecular weight is 399 g/mol. The first kappa shape index (κ1) is 23.7. The Morgan fingerprint density at radius 2 is 1.82 bits per heavy atom. The van der Waals surface area contributed by atoms with Crippen LogP contribution in [0.2, 0.25) is 0 Å². The highest BCUT2D eigenvalue weighted by Crippen LogP contribution is 2.40. The summed E-state index contributed by atoms with van der Waals surface area (Å²) < 4.78 is 4.70. The van der Waals surface area contributed by atoms with Crippen LogP contribution in [0.5, 0.6) is 0 Å². The number of methoxy groups -OCH3 is 1. The number of carbonyl (C=O) groups is 3. The summed E-state index contributed by atoms with van der Waals surface area (Å²) in [6.45, 7) is 6.28. The summed E-state index contributed by atoms with van der Waals surface area (Å²) in [6.07, 6.45) is 1.30. The summed E-state index contributed by atoms with van der Waals surface area (Å²) in [5.74, 6) is -2.40. The van der Waals surface area contributed by atoms with Crippen molar-refractivity contribution in [1.29, 1.82) is 0 Å². The predicted molar refractivity (Wildman–Crippen MR) is 104 cm³/mol. The quantitative estimate of drug-likeness (QED) is 0.222. The number of hydrogen-bond acceptors (Lipinski definition) is 6. The van der Waals surface area contributed by atoms with E-state index in [1.807, 2.05) is 13.8 Å². The molecule has 1 aliphatic carbocycles. The fraction of sp³-hybridized carbons (Fsp3) is 0.778. The molecule has 0 spiro atoms. The van der Waals surface area contributed by atoms with E-state index in [2.05, 4.69) is 10.3 Å². The minimum absolute atomic E-state index is 0.104. The van der Waals surface area contributed by atoms with Gasteiger partial charge in [-0.2, -0.15) is 0 Å². The first-order valence-corrected chi connectivity index (χ1v) is 9.55. The normalized spacial score (nSPS) is 24.9. The van der Waals surface area contributed by atoms with Gasteiger partial charge in [0, 0.05) is 32.4 Å². The van der Waals surface area contributed by atoms with E-state index in [4.69, 9.17) is 16.2 Å². The van der Waals surface area contributed by atoms with Crippen LogP contribution in [-0.4, -0.2) is 71.6 Å². The second kappa shape index (κ2) is 10.3. The highest BCUT2D eigenvalue weighted by molar-refractivity contribution is 5.88. The van der Waals surface area contributed by atoms with Crippen molar-refractivity contribution in [3.8, 4) is 0 Å². The lowest BCUT2D eigenvalue weighted by Crippen LogP contribution is -2.54. The molecular formula is C18H33N5O5. The maximum atomic E-state index is 13.2. The second-order valence-electron chi connectivity index (χ2n) is 7.22. The second-order valence-corrected chi connectivity index (χ2v) is 7.22. The number of nitrogens with two attached hydrogens (primary N) is 2. The number of rotatable bonds is 9. The number of hydrogen-bond donors (Lipinski definition) is 4. The molecule has 0 aromatic heterocycles. The van der Waals surface area contributed by atoms with Gasteiger partial charge >= 0.3 is 5.97 Å². The van der Waals surface area contributed by atoms with E-state index in [0.29, 0.717) is 13.1 Å². The van der Waals surface area contributed by atoms with Gasteiger partial charge < -0.3 is 31.5 Å². The predicted octanol–water partition coefficient (Wildman–Crippen LogP) is -0.904. The number of aliphatic hydroxyl groups is 1. The Morgan fingerprint density at radius 1 is 1.25 bits per heavy atom. The lowest BCUT2D eigenvalue weighted by molar-refractivity contribution is -0.162. The van der Waals surface area contributed by atoms with E-state index in [1.165, 1.54) is 14.0 Å². The average Bonchev–Trinajstić information content (AvgIpc) is 2.94. The molecule has 6 N–H and O–H groups in total. The summed E-state index contributed by atoms with van der Waals surface area (Å²) in [6, 6.07) is -1.69. The molecule has 1 fully saturated rings. The third kappa shape index (κ3) is 5.82. The van der Waals surface area contributed by atoms with Gasteiger partial charge in [-0.1, -0.05) is 13.8 Å². The summed E-state index contributed by atoms with van der Waals surface area (Å²) in [5, 5.41) is 13.4. The van der Waals surface area contributed by atoms with E-state index < -0.39 is 35.5 Å². The number of guanidine groups is 1. The highest BCUT2D eigenvalue weighted by Gasteiger charge is 2.54. The number of carbonyl (C=O) groups excluding carboxylic acids is 3. The first-order valence-electron chi connectivity index (χ1n) is 9.55. The number of nitrogens with zero attached hydrogens (tertiary/aromatic N) is 2. The van der Waals surface area contributed by atoms with Gasteiger partial charge in [-0.25, -0.2) is 9.79 Å². The first-order chi connectivity index (χ1) is 13.1. The topological polar surface area (TPSA) is 160 Å². The molecule has 0 aromatic carbocycles. The van der Waals surface area contributed by atoms with Crippen LogP contribution in [0.1, 0.15) is 46.5 Å². The van der Waals surface area contributed by atoms with E-state index in [-0.39, 0.29) is 24.7 Å². The molecule has 28 heavy (non-hydrogen) atoms. The lowest BCUT2D eigenvalue weighted by Gasteiger charge is -2.32. The van der Waals surface area contributed by atoms with Gasteiger partial charge in [-0.15, -0.1) is 0 Å². The van der Waals surface area contributed by atoms with Crippen molar-refractivity contribution >= 4 is 23.7 Å². The Morgan fingerprint density at radius 3 is 2.25 bits per heavy atom. The van der Waals surface area contributed by atoms with E-state index in [1.54, 1.807) is 4.90 Å². The fourth-order valence-corrected chi connectivity index (χ4v) is 3.78. The Hall–Kier alpha value is -2.36. The maximum absolute atomic E-state index is 13.2. The van der Waals surface area contributed by atoms with Gasteiger partial charge in [0.15, 0.2) is 11.6 Å². The summed E-state index contributed by atoms with van der Waals surface area (Å²) in [4.78, 5) is 42.9. The highest BCUT2D eigenvalue weighted by atomic mass is 16.5. The standard InChI is InChI=1S/C18H33N5O5/c1-5-7-23(8-6-2)15(25)14(21-11(3)24)12-9-18(27,16(26)28-4)10-13(12)22-17(19)20/h12-14,27H,5-10H2,1-4H3,(H,21,24)(H4,19,20,22). The summed E-state index contributed by atoms with van der Waals surface area (Å²) in [7, 11) is 1.17. The molecule has 0 heterocycles. The molecule has 10 nitrogen and oxygen atoms in total. The lowest BCUT2D eigenvalue weighted by atomic mass is 9.91. The molecule has 4 atom stereocenters. The maximum Gasteiger partial charge on any atom is 0.337 e. The van der Waals surface area contributed by atoms with Crippen molar-refractivity contribution in [3.63, 3.8) is 0 Å². The van der Waals surface area contributed by atoms with Crippen LogP contribution >= 0.6 is 0 Å². The largest absolute Gasteiger partial charge is 0.467 e. The molecule has 0 aromatic rings. The van der Waals surface area contributed by atoms with Crippen molar-refractivity contribution in [1.82, 2.24) is 10.2 Å². The third-order valence-electron chi connectivity index (χ3n) is 4.85. The van der Waals surface area contributed by atoms with Crippen molar-refractivity contribution in [2.75, 3.05) is 20.2 Å². The molecule has 10 heteroatoms. The zero-order valence-corrected chi connectivity index (χ0v) is 17.1. The molecule has 160 valence electrons. The number of nitrogens with one attached hydrogen (secondary N) is 1. The van der Waals surface area contributed by atoms with Crippen LogP contribution in [0.25, 0.3) is 0 Å². The van der Waals surface area contributed by atoms with Crippen LogP contribution < -0.4 is 16.8 Å². The van der Waals surface area contributed by atoms with Crippen LogP contribution in [0, 0.1) is 5.92 Å². The van der Waals surface area contributed by atoms with Crippen molar-refractivity contribution in [3.05, 3.63) is 0 Å². The molecule has 2 amide bonds. The Kier molecular flexibility index (Phi) is 8.67. The number of amides is 2. The Balaban J connectivity index is 3.31. The van der Waals surface area contributed by atoms with Gasteiger partial charge in [-0.05, 0) is 19.3 Å². The zero-order valence-electron chi connectivity index (χ0n) is 17.1. The molecule has 0 radical (unpaired) electrons. The minimum Gasteiger partial charge on any atom is -0.467 e. The third-order valence-corrected chi connectivity index (χ3v) is 4.85. The van der Waals surface area contributed by atoms with Crippen LogP contribution in [0.3, 0.4) is 0 Å². The van der Waals surface area contributed by atoms with Crippen LogP contribution in [-0.2, 0) is 19.1 Å². The van der Waals surface area contributed by atoms with Gasteiger partial charge in [-0.3, -0.25) is 9.59 Å². The fourth-order valence-electron chi connectivity index (χ4n) is 3.78. The Bertz CT molecular complexity index is 601. The molecule has 0 saturated heterocycles. The number of aliphatic imine (C=N–C) groups is 1. The van der Waals surface area contributed by atoms with Gasteiger partial charge in [0.2, 0.25) is 11.8 Å². The smallest absolute Gasteiger partial charge is 0.337 e. The van der Waals surface area contributed by atoms with Crippen molar-refractivity contribution in [2.45, 2.75) is 64.1 Å². The molecule has 0 aliphatic heterocycles. The molecule has 4 unspecified atom stereocenters. The summed E-state index contributed by atoms with van der Waals surface area (Å²) >= 11 is 0. The van der Waals surface area contributed by atoms with Crippen LogP contribution in [0.15, 0.2) is 4.99 Å². The molecular weight excluding hydrogens is 366 g/mol. The monoisotopic (exact) mass is 399 g/mol. The molecule has 1 saturated carbocycles. The van der Waals surface area contributed by atoms with Crippen molar-refractivity contribution in [2.24, 2.45) is 22.4 Å². The minimum atomic E-state index is -1.83. The van der Waals surface area contributed by atoms with E-state index in [0.717, 1.165) is 12.8 Å². The van der Waals surface area contributed by atoms with Gasteiger partial charge in [0.05, 0.1) is 13.2 Å². The van der Waals surface area contributed by atoms with Crippen molar-refractivity contribution < 1.29 is 24.2 Å². The molecule has 1 rings (SSSR count).